The van der Waals surface area contributed by atoms with Gasteiger partial charge in [-0.3, -0.25) is 4.79 Å². The van der Waals surface area contributed by atoms with Crippen molar-refractivity contribution in [1.82, 2.24) is 4.90 Å². The molecule has 2 aliphatic rings. The molecule has 27 heavy (non-hydrogen) atoms. The molecule has 1 aliphatic heterocycles. The highest BCUT2D eigenvalue weighted by Gasteiger charge is 2.28. The predicted octanol–water partition coefficient (Wildman–Crippen LogP) is 4.79. The molecule has 1 aliphatic carbocycles. The minimum Gasteiger partial charge on any atom is -0.504 e. The van der Waals surface area contributed by atoms with Gasteiger partial charge >= 0.3 is 0 Å². The number of rotatable bonds is 2. The number of carbonyl (C=O) groups is 1. The highest BCUT2D eigenvalue weighted by Crippen LogP contribution is 2.38. The molecule has 1 amide bonds. The fourth-order valence-electron chi connectivity index (χ4n) is 3.80. The maximum atomic E-state index is 13.0. The van der Waals surface area contributed by atoms with Crippen molar-refractivity contribution < 1.29 is 14.6 Å². The van der Waals surface area contributed by atoms with Crippen molar-refractivity contribution in [2.75, 3.05) is 13.2 Å². The molecule has 1 atom stereocenters. The van der Waals surface area contributed by atoms with Crippen molar-refractivity contribution >= 4 is 17.5 Å². The topological polar surface area (TPSA) is 49.8 Å². The van der Waals surface area contributed by atoms with Gasteiger partial charge < -0.3 is 14.7 Å². The van der Waals surface area contributed by atoms with Crippen molar-refractivity contribution in [1.29, 1.82) is 0 Å². The first-order chi connectivity index (χ1) is 13.1. The Hall–Kier alpha value is -2.46. The van der Waals surface area contributed by atoms with Crippen LogP contribution in [0.15, 0.2) is 48.6 Å². The third-order valence-electron chi connectivity index (χ3n) is 5.20. The summed E-state index contributed by atoms with van der Waals surface area (Å²) in [4.78, 5) is 14.8. The number of phenols is 1. The van der Waals surface area contributed by atoms with Crippen LogP contribution < -0.4 is 4.74 Å². The number of hydrogen-bond acceptors (Lipinski definition) is 3. The van der Waals surface area contributed by atoms with Crippen LogP contribution in [-0.4, -0.2) is 29.1 Å². The molecule has 5 heteroatoms. The van der Waals surface area contributed by atoms with E-state index in [4.69, 9.17) is 16.3 Å². The molecule has 2 aromatic rings. The van der Waals surface area contributed by atoms with E-state index in [1.807, 2.05) is 35.2 Å². The fourth-order valence-corrected chi connectivity index (χ4v) is 3.99. The van der Waals surface area contributed by atoms with E-state index in [0.717, 1.165) is 36.0 Å². The van der Waals surface area contributed by atoms with Gasteiger partial charge in [0.1, 0.15) is 6.61 Å². The first-order valence-corrected chi connectivity index (χ1v) is 9.68. The molecule has 2 aromatic carbocycles. The van der Waals surface area contributed by atoms with Gasteiger partial charge in [0.15, 0.2) is 11.5 Å². The molecule has 4 rings (SSSR count). The lowest BCUT2D eigenvalue weighted by Crippen LogP contribution is -2.37. The minimum atomic E-state index is 0.0428. The summed E-state index contributed by atoms with van der Waals surface area (Å²) in [5.41, 5.74) is 2.59. The van der Waals surface area contributed by atoms with Gasteiger partial charge in [0.05, 0.1) is 6.54 Å². The van der Waals surface area contributed by atoms with Crippen LogP contribution in [0.1, 0.15) is 24.8 Å². The number of allylic oxidation sites excluding steroid dienone is 2. The first kappa shape index (κ1) is 17.9. The number of aromatic hydroxyl groups is 1. The van der Waals surface area contributed by atoms with E-state index in [-0.39, 0.29) is 17.6 Å². The molecule has 0 radical (unpaired) electrons. The van der Waals surface area contributed by atoms with Gasteiger partial charge in [-0.05, 0) is 54.7 Å². The number of ether oxygens (including phenoxy) is 1. The summed E-state index contributed by atoms with van der Waals surface area (Å²) >= 11 is 6.11. The number of hydrogen-bond donors (Lipinski definition) is 1. The molecule has 0 saturated carbocycles. The summed E-state index contributed by atoms with van der Waals surface area (Å²) < 4.78 is 5.78. The predicted molar refractivity (Wildman–Crippen MR) is 106 cm³/mol. The Morgan fingerprint density at radius 3 is 2.85 bits per heavy atom. The van der Waals surface area contributed by atoms with Crippen LogP contribution in [0.3, 0.4) is 0 Å². The molecule has 140 valence electrons. The van der Waals surface area contributed by atoms with Crippen molar-refractivity contribution in [2.45, 2.75) is 25.8 Å². The maximum absolute atomic E-state index is 13.0. The van der Waals surface area contributed by atoms with E-state index in [9.17, 15) is 9.90 Å². The zero-order valence-electron chi connectivity index (χ0n) is 15.0. The quantitative estimate of drug-likeness (QED) is 0.758. The van der Waals surface area contributed by atoms with Crippen LogP contribution in [0, 0.1) is 5.92 Å². The van der Waals surface area contributed by atoms with E-state index in [1.54, 1.807) is 6.07 Å². The van der Waals surface area contributed by atoms with Crippen LogP contribution in [0.5, 0.6) is 11.5 Å². The largest absolute Gasteiger partial charge is 0.504 e. The van der Waals surface area contributed by atoms with Gasteiger partial charge in [0.2, 0.25) is 5.91 Å². The molecule has 1 heterocycles. The third kappa shape index (κ3) is 3.81. The van der Waals surface area contributed by atoms with Gasteiger partial charge in [-0.15, -0.1) is 0 Å². The van der Waals surface area contributed by atoms with Gasteiger partial charge in [0.25, 0.3) is 0 Å². The Balaban J connectivity index is 1.64. The van der Waals surface area contributed by atoms with Gasteiger partial charge in [-0.25, -0.2) is 0 Å². The second-order valence-electron chi connectivity index (χ2n) is 7.08. The molecule has 0 aromatic heterocycles. The van der Waals surface area contributed by atoms with Crippen LogP contribution >= 0.6 is 11.6 Å². The Morgan fingerprint density at radius 1 is 1.19 bits per heavy atom. The highest BCUT2D eigenvalue weighted by atomic mass is 35.5. The molecule has 0 saturated heterocycles. The van der Waals surface area contributed by atoms with Crippen molar-refractivity contribution in [2.24, 2.45) is 5.92 Å². The van der Waals surface area contributed by atoms with Crippen LogP contribution in [-0.2, 0) is 11.3 Å². The lowest BCUT2D eigenvalue weighted by molar-refractivity contribution is -0.136. The zero-order chi connectivity index (χ0) is 18.8. The number of fused-ring (bicyclic) bond motifs is 1. The molecule has 0 fully saturated rings. The zero-order valence-corrected chi connectivity index (χ0v) is 15.8. The summed E-state index contributed by atoms with van der Waals surface area (Å²) in [5, 5.41) is 11.1. The lowest BCUT2D eigenvalue weighted by Gasteiger charge is -2.26. The van der Waals surface area contributed by atoms with E-state index in [2.05, 4.69) is 12.2 Å². The van der Waals surface area contributed by atoms with Crippen LogP contribution in [0.4, 0.5) is 0 Å². The molecular formula is C22H22ClNO3. The average molecular weight is 384 g/mol. The van der Waals surface area contributed by atoms with E-state index < -0.39 is 0 Å². The van der Waals surface area contributed by atoms with E-state index in [0.29, 0.717) is 30.5 Å². The minimum absolute atomic E-state index is 0.0428. The van der Waals surface area contributed by atoms with Crippen molar-refractivity contribution in [3.8, 4) is 22.6 Å². The van der Waals surface area contributed by atoms with Crippen molar-refractivity contribution in [3.05, 3.63) is 59.1 Å². The summed E-state index contributed by atoms with van der Waals surface area (Å²) in [6.07, 6.45) is 6.89. The molecule has 4 nitrogen and oxygen atoms in total. The highest BCUT2D eigenvalue weighted by molar-refractivity contribution is 6.30. The van der Waals surface area contributed by atoms with Crippen molar-refractivity contribution in [3.63, 3.8) is 0 Å². The van der Waals surface area contributed by atoms with E-state index in [1.165, 1.54) is 0 Å². The normalized spacial score (nSPS) is 19.1. The summed E-state index contributed by atoms with van der Waals surface area (Å²) in [6.45, 7) is 1.35. The fraction of sp³-hybridized carbons (Fsp3) is 0.318. The number of phenolic OH excluding ortho intramolecular Hbond substituents is 1. The van der Waals surface area contributed by atoms with Gasteiger partial charge in [-0.1, -0.05) is 35.9 Å². The van der Waals surface area contributed by atoms with Crippen LogP contribution in [0.25, 0.3) is 11.1 Å². The van der Waals surface area contributed by atoms with Gasteiger partial charge in [0, 0.05) is 23.0 Å². The number of nitrogens with zero attached hydrogens (tertiary/aromatic N) is 1. The first-order valence-electron chi connectivity index (χ1n) is 9.30. The Labute approximate surface area is 164 Å². The number of benzene rings is 2. The third-order valence-corrected chi connectivity index (χ3v) is 5.44. The van der Waals surface area contributed by atoms with Gasteiger partial charge in [-0.2, -0.15) is 0 Å². The smallest absolute Gasteiger partial charge is 0.226 e. The van der Waals surface area contributed by atoms with E-state index >= 15 is 0 Å². The Kier molecular flexibility index (Phi) is 5.08. The standard InChI is InChI=1S/C22H22ClNO3/c23-19-8-4-7-16(12-19)17-11-18-14-24(9-10-27-21(18)20(25)13-17)22(26)15-5-2-1-3-6-15/h1-2,4,7-8,11-13,15,25H,3,5-6,9-10,14H2/t15-/m0/s1. The molecule has 1 N–H and O–H groups in total. The maximum Gasteiger partial charge on any atom is 0.226 e. The molecular weight excluding hydrogens is 362 g/mol. The Bertz CT molecular complexity index is 893. The molecule has 0 spiro atoms. The molecule has 0 unspecified atom stereocenters. The number of amides is 1. The number of carbonyl (C=O) groups excluding carboxylic acids is 1. The second-order valence-corrected chi connectivity index (χ2v) is 7.52. The lowest BCUT2D eigenvalue weighted by atomic mass is 9.93. The SMILES string of the molecule is O=C([C@H]1CC=CCC1)N1CCOc2c(O)cc(-c3cccc(Cl)c3)cc2C1. The summed E-state index contributed by atoms with van der Waals surface area (Å²) in [5.74, 6) is 0.779. The second kappa shape index (κ2) is 7.65. The monoisotopic (exact) mass is 383 g/mol. The van der Waals surface area contributed by atoms with Crippen LogP contribution in [0.2, 0.25) is 5.02 Å². The molecule has 0 bridgehead atoms. The average Bonchev–Trinajstić information content (AvgIpc) is 2.91. The number of halogens is 1. The summed E-state index contributed by atoms with van der Waals surface area (Å²) in [6, 6.07) is 11.2. The Morgan fingerprint density at radius 2 is 2.07 bits per heavy atom. The summed E-state index contributed by atoms with van der Waals surface area (Å²) in [7, 11) is 0.